The molecular weight excluding hydrogens is 218 g/mol. The predicted octanol–water partition coefficient (Wildman–Crippen LogP) is -0.234. The van der Waals surface area contributed by atoms with Gasteiger partial charge in [-0.3, -0.25) is 4.79 Å². The van der Waals surface area contributed by atoms with Gasteiger partial charge in [-0.15, -0.1) is 11.6 Å². The molecular formula is C6H11ClNO4S. The van der Waals surface area contributed by atoms with E-state index in [1.54, 1.807) is 0 Å². The number of halogens is 1. The fraction of sp³-hybridized carbons (Fsp3) is 0.833. The summed E-state index contributed by atoms with van der Waals surface area (Å²) in [6.45, 7) is 0. The molecule has 1 radical (unpaired) electrons. The van der Waals surface area contributed by atoms with E-state index in [9.17, 15) is 13.2 Å². The largest absolute Gasteiger partial charge is 0.480 e. The molecule has 0 aromatic heterocycles. The van der Waals surface area contributed by atoms with Crippen molar-refractivity contribution >= 4 is 27.4 Å². The number of nitrogens with one attached hydrogen (secondary N) is 1. The van der Waals surface area contributed by atoms with Gasteiger partial charge in [0.15, 0.2) is 9.84 Å². The van der Waals surface area contributed by atoms with E-state index >= 15 is 0 Å². The lowest BCUT2D eigenvalue weighted by Gasteiger charge is -2.04. The van der Waals surface area contributed by atoms with E-state index in [0.29, 0.717) is 0 Å². The van der Waals surface area contributed by atoms with Crippen molar-refractivity contribution in [2.24, 2.45) is 0 Å². The summed E-state index contributed by atoms with van der Waals surface area (Å²) in [5, 5.41) is 8.30. The van der Waals surface area contributed by atoms with Crippen LogP contribution in [0, 0.1) is 0 Å². The molecule has 0 heterocycles. The van der Waals surface area contributed by atoms with Crippen molar-refractivity contribution in [3.63, 3.8) is 0 Å². The first-order chi connectivity index (χ1) is 5.89. The van der Waals surface area contributed by atoms with Gasteiger partial charge in [0.1, 0.15) is 6.04 Å². The van der Waals surface area contributed by atoms with Crippen LogP contribution in [-0.4, -0.2) is 42.9 Å². The lowest BCUT2D eigenvalue weighted by Crippen LogP contribution is -2.25. The van der Waals surface area contributed by atoms with Crippen LogP contribution in [0.3, 0.4) is 0 Å². The third kappa shape index (κ3) is 5.84. The number of carboxylic acids is 1. The minimum atomic E-state index is -3.28. The molecule has 0 aromatic carbocycles. The van der Waals surface area contributed by atoms with Crippen molar-refractivity contribution in [3.05, 3.63) is 0 Å². The highest BCUT2D eigenvalue weighted by Gasteiger charge is 2.17. The minimum absolute atomic E-state index is 0.00191. The molecule has 0 aliphatic rings. The van der Waals surface area contributed by atoms with Gasteiger partial charge in [-0.2, -0.15) is 0 Å². The van der Waals surface area contributed by atoms with Crippen molar-refractivity contribution in [1.29, 1.82) is 0 Å². The summed E-state index contributed by atoms with van der Waals surface area (Å²) in [5.41, 5.74) is 6.94. The normalized spacial score (nSPS) is 14.0. The fourth-order valence-corrected chi connectivity index (χ4v) is 2.38. The van der Waals surface area contributed by atoms with Crippen LogP contribution in [0.15, 0.2) is 0 Å². The Balaban J connectivity index is 3.95. The van der Waals surface area contributed by atoms with Gasteiger partial charge in [0.25, 0.3) is 0 Å². The Bertz CT molecular complexity index is 264. The summed E-state index contributed by atoms with van der Waals surface area (Å²) in [6.07, 6.45) is -0.186. The van der Waals surface area contributed by atoms with Crippen LogP contribution in [0.1, 0.15) is 6.42 Å². The standard InChI is InChI=1S/C6H11ClNO4S/c7-2-4-13(11,12)3-1-5(8)6(9)10/h5,8H,1-4H2,(H,9,10). The van der Waals surface area contributed by atoms with Crippen LogP contribution in [0.2, 0.25) is 0 Å². The van der Waals surface area contributed by atoms with Crippen LogP contribution in [0.4, 0.5) is 0 Å². The molecule has 0 saturated heterocycles. The highest BCUT2D eigenvalue weighted by Crippen LogP contribution is 1.99. The highest BCUT2D eigenvalue weighted by molar-refractivity contribution is 7.91. The topological polar surface area (TPSA) is 95.2 Å². The van der Waals surface area contributed by atoms with Crippen molar-refractivity contribution in [2.75, 3.05) is 17.4 Å². The Kier molecular flexibility index (Phi) is 5.27. The van der Waals surface area contributed by atoms with Gasteiger partial charge in [-0.1, -0.05) is 0 Å². The molecule has 7 heteroatoms. The van der Waals surface area contributed by atoms with Crippen LogP contribution in [-0.2, 0) is 14.6 Å². The number of carbonyl (C=O) groups is 1. The molecule has 0 bridgehead atoms. The maximum Gasteiger partial charge on any atom is 0.322 e. The number of hydrogen-bond acceptors (Lipinski definition) is 3. The molecule has 13 heavy (non-hydrogen) atoms. The third-order valence-corrected chi connectivity index (χ3v) is 3.50. The van der Waals surface area contributed by atoms with E-state index in [1.807, 2.05) is 0 Å². The lowest BCUT2D eigenvalue weighted by molar-refractivity contribution is -0.138. The Labute approximate surface area is 81.8 Å². The molecule has 0 amide bonds. The van der Waals surface area contributed by atoms with Gasteiger partial charge < -0.3 is 5.11 Å². The third-order valence-electron chi connectivity index (χ3n) is 1.40. The summed E-state index contributed by atoms with van der Waals surface area (Å²) in [6, 6.07) is -1.37. The Hall–Kier alpha value is -0.330. The summed E-state index contributed by atoms with van der Waals surface area (Å²) >= 11 is 5.22. The Morgan fingerprint density at radius 1 is 1.46 bits per heavy atom. The minimum Gasteiger partial charge on any atom is -0.480 e. The number of rotatable bonds is 6. The first kappa shape index (κ1) is 12.7. The van der Waals surface area contributed by atoms with Crippen LogP contribution in [0.5, 0.6) is 0 Å². The van der Waals surface area contributed by atoms with E-state index in [4.69, 9.17) is 22.4 Å². The van der Waals surface area contributed by atoms with Crippen molar-refractivity contribution in [1.82, 2.24) is 5.73 Å². The van der Waals surface area contributed by atoms with E-state index in [2.05, 4.69) is 0 Å². The summed E-state index contributed by atoms with van der Waals surface area (Å²) in [4.78, 5) is 10.2. The SMILES string of the molecule is [NH]C(CCS(=O)(=O)CCCl)C(=O)O. The average Bonchev–Trinajstić information content (AvgIpc) is 2.00. The quantitative estimate of drug-likeness (QED) is 0.635. The van der Waals surface area contributed by atoms with Crippen molar-refractivity contribution < 1.29 is 18.3 Å². The second-order valence-corrected chi connectivity index (χ2v) is 5.20. The van der Waals surface area contributed by atoms with E-state index in [1.165, 1.54) is 0 Å². The molecule has 0 aliphatic carbocycles. The van der Waals surface area contributed by atoms with Crippen LogP contribution in [0.25, 0.3) is 0 Å². The zero-order valence-electron chi connectivity index (χ0n) is 6.86. The van der Waals surface area contributed by atoms with Crippen LogP contribution < -0.4 is 5.73 Å². The van der Waals surface area contributed by atoms with E-state index < -0.39 is 21.8 Å². The summed E-state index contributed by atoms with van der Waals surface area (Å²) in [7, 11) is -3.28. The molecule has 0 aromatic rings. The highest BCUT2D eigenvalue weighted by atomic mass is 35.5. The molecule has 0 fully saturated rings. The smallest absolute Gasteiger partial charge is 0.322 e. The first-order valence-corrected chi connectivity index (χ1v) is 5.95. The molecule has 0 aliphatic heterocycles. The second kappa shape index (κ2) is 5.41. The number of carboxylic acid groups (broad SMARTS) is 1. The number of alkyl halides is 1. The number of aliphatic carboxylic acids is 1. The molecule has 77 valence electrons. The predicted molar refractivity (Wildman–Crippen MR) is 48.5 cm³/mol. The number of sulfone groups is 1. The van der Waals surface area contributed by atoms with Gasteiger partial charge in [-0.05, 0) is 6.42 Å². The maximum atomic E-state index is 11.0. The zero-order valence-corrected chi connectivity index (χ0v) is 8.44. The Morgan fingerprint density at radius 2 is 2.00 bits per heavy atom. The van der Waals surface area contributed by atoms with E-state index in [-0.39, 0.29) is 23.8 Å². The molecule has 2 N–H and O–H groups in total. The van der Waals surface area contributed by atoms with Gasteiger partial charge in [-0.25, -0.2) is 14.2 Å². The van der Waals surface area contributed by atoms with Gasteiger partial charge in [0.2, 0.25) is 0 Å². The lowest BCUT2D eigenvalue weighted by atomic mass is 10.2. The molecule has 1 atom stereocenters. The molecule has 5 nitrogen and oxygen atoms in total. The van der Waals surface area contributed by atoms with Gasteiger partial charge >= 0.3 is 5.97 Å². The molecule has 0 spiro atoms. The average molecular weight is 229 g/mol. The fourth-order valence-electron chi connectivity index (χ4n) is 0.640. The monoisotopic (exact) mass is 228 g/mol. The molecule has 1 unspecified atom stereocenters. The second-order valence-electron chi connectivity index (χ2n) is 2.52. The first-order valence-electron chi connectivity index (χ1n) is 3.59. The van der Waals surface area contributed by atoms with E-state index in [0.717, 1.165) is 0 Å². The van der Waals surface area contributed by atoms with Crippen LogP contribution >= 0.6 is 11.6 Å². The number of hydrogen-bond donors (Lipinski definition) is 1. The molecule has 0 saturated carbocycles. The maximum absolute atomic E-state index is 11.0. The van der Waals surface area contributed by atoms with Gasteiger partial charge in [0, 0.05) is 5.88 Å². The van der Waals surface area contributed by atoms with Gasteiger partial charge in [0.05, 0.1) is 11.5 Å². The Morgan fingerprint density at radius 3 is 2.38 bits per heavy atom. The van der Waals surface area contributed by atoms with Crippen molar-refractivity contribution in [3.8, 4) is 0 Å². The summed E-state index contributed by atoms with van der Waals surface area (Å²) in [5.74, 6) is -1.76. The van der Waals surface area contributed by atoms with Crippen molar-refractivity contribution in [2.45, 2.75) is 12.5 Å². The molecule has 0 rings (SSSR count). The summed E-state index contributed by atoms with van der Waals surface area (Å²) < 4.78 is 22.0. The zero-order chi connectivity index (χ0) is 10.5.